The van der Waals surface area contributed by atoms with Crippen molar-refractivity contribution in [1.29, 1.82) is 0 Å². The van der Waals surface area contributed by atoms with Gasteiger partial charge in [-0.2, -0.15) is 0 Å². The molecule has 3 heteroatoms. The maximum Gasteiger partial charge on any atom is 0.318 e. The molecule has 3 nitrogen and oxygen atoms in total. The quantitative estimate of drug-likeness (QED) is 0.344. The Bertz CT molecular complexity index is 313. The molecule has 0 aromatic rings. The maximum atomic E-state index is 11.6. The van der Waals surface area contributed by atoms with Gasteiger partial charge in [0.15, 0.2) is 0 Å². The van der Waals surface area contributed by atoms with Gasteiger partial charge in [-0.05, 0) is 24.7 Å². The molecule has 0 aromatic heterocycles. The van der Waals surface area contributed by atoms with Crippen molar-refractivity contribution >= 4 is 11.9 Å². The van der Waals surface area contributed by atoms with Crippen LogP contribution in [0.2, 0.25) is 0 Å². The van der Waals surface area contributed by atoms with E-state index in [9.17, 15) is 9.59 Å². The van der Waals surface area contributed by atoms with Crippen molar-refractivity contribution in [2.45, 2.75) is 25.7 Å². The number of ether oxygens (including phenoxy) is 1. The minimum absolute atomic E-state index is 0.173. The zero-order valence-corrected chi connectivity index (χ0v) is 8.52. The van der Waals surface area contributed by atoms with Crippen molar-refractivity contribution in [1.82, 2.24) is 0 Å². The monoisotopic (exact) mass is 206 g/mol. The molecule has 1 fully saturated rings. The number of cyclic esters (lactones) is 2. The largest absolute Gasteiger partial charge is 0.393 e. The Labute approximate surface area is 88.5 Å². The molecule has 1 saturated heterocycles. The second-order valence-corrected chi connectivity index (χ2v) is 4.79. The fraction of sp³-hybridized carbons (Fsp3) is 0.667. The van der Waals surface area contributed by atoms with Gasteiger partial charge in [0.2, 0.25) is 0 Å². The molecule has 3 aliphatic rings. The first kappa shape index (κ1) is 9.13. The SMILES string of the molecule is O=C1OC(=O)C2C3C=CC(CCCC3)C12. The highest BCUT2D eigenvalue weighted by Crippen LogP contribution is 2.45. The Balaban J connectivity index is 2.02. The first-order chi connectivity index (χ1) is 7.27. The molecule has 0 N–H and O–H groups in total. The highest BCUT2D eigenvalue weighted by Gasteiger charge is 2.52. The van der Waals surface area contributed by atoms with Gasteiger partial charge < -0.3 is 4.74 Å². The fourth-order valence-electron chi connectivity index (χ4n) is 3.25. The van der Waals surface area contributed by atoms with Crippen molar-refractivity contribution in [3.8, 4) is 0 Å². The number of fused-ring (bicyclic) bond motifs is 5. The second kappa shape index (κ2) is 3.19. The lowest BCUT2D eigenvalue weighted by Gasteiger charge is -2.33. The summed E-state index contributed by atoms with van der Waals surface area (Å²) in [6.45, 7) is 0. The summed E-state index contributed by atoms with van der Waals surface area (Å²) in [5.74, 6) is -0.436. The van der Waals surface area contributed by atoms with Gasteiger partial charge in [0.1, 0.15) is 0 Å². The number of esters is 2. The van der Waals surface area contributed by atoms with E-state index in [1.807, 2.05) is 0 Å². The Morgan fingerprint density at radius 3 is 1.87 bits per heavy atom. The second-order valence-electron chi connectivity index (χ2n) is 4.79. The van der Waals surface area contributed by atoms with E-state index in [-0.39, 0.29) is 35.6 Å². The molecule has 3 rings (SSSR count). The lowest BCUT2D eigenvalue weighted by atomic mass is 9.67. The fourth-order valence-corrected chi connectivity index (χ4v) is 3.25. The number of hydrogen-bond acceptors (Lipinski definition) is 3. The molecule has 0 saturated carbocycles. The number of hydrogen-bond donors (Lipinski definition) is 0. The zero-order chi connectivity index (χ0) is 10.4. The van der Waals surface area contributed by atoms with Crippen molar-refractivity contribution in [2.24, 2.45) is 23.7 Å². The van der Waals surface area contributed by atoms with Gasteiger partial charge in [0.05, 0.1) is 11.8 Å². The summed E-state index contributed by atoms with van der Waals surface area (Å²) in [5, 5.41) is 0. The molecule has 80 valence electrons. The van der Waals surface area contributed by atoms with Crippen LogP contribution in [0, 0.1) is 23.7 Å². The summed E-state index contributed by atoms with van der Waals surface area (Å²) in [6, 6.07) is 0. The molecule has 4 unspecified atom stereocenters. The van der Waals surface area contributed by atoms with Crippen LogP contribution >= 0.6 is 0 Å². The van der Waals surface area contributed by atoms with E-state index in [0.29, 0.717) is 0 Å². The van der Waals surface area contributed by atoms with Crippen LogP contribution < -0.4 is 0 Å². The molecule has 15 heavy (non-hydrogen) atoms. The molecule has 2 aliphatic carbocycles. The van der Waals surface area contributed by atoms with Crippen LogP contribution in [0.15, 0.2) is 12.2 Å². The summed E-state index contributed by atoms with van der Waals surface area (Å²) in [6.07, 6.45) is 8.63. The lowest BCUT2D eigenvalue weighted by Crippen LogP contribution is -2.35. The van der Waals surface area contributed by atoms with Crippen LogP contribution in [0.25, 0.3) is 0 Å². The van der Waals surface area contributed by atoms with Crippen molar-refractivity contribution in [3.63, 3.8) is 0 Å². The van der Waals surface area contributed by atoms with Crippen LogP contribution in [0.4, 0.5) is 0 Å². The molecule has 2 bridgehead atoms. The molecule has 1 heterocycles. The van der Waals surface area contributed by atoms with Crippen LogP contribution in [-0.4, -0.2) is 11.9 Å². The molecule has 4 atom stereocenters. The van der Waals surface area contributed by atoms with E-state index in [4.69, 9.17) is 4.74 Å². The van der Waals surface area contributed by atoms with Gasteiger partial charge in [-0.3, -0.25) is 9.59 Å². The van der Waals surface area contributed by atoms with Gasteiger partial charge in [0, 0.05) is 0 Å². The molecule has 0 spiro atoms. The van der Waals surface area contributed by atoms with E-state index in [1.54, 1.807) is 0 Å². The predicted molar refractivity (Wildman–Crippen MR) is 52.7 cm³/mol. The first-order valence-corrected chi connectivity index (χ1v) is 5.71. The Morgan fingerprint density at radius 1 is 0.933 bits per heavy atom. The van der Waals surface area contributed by atoms with Gasteiger partial charge in [-0.15, -0.1) is 0 Å². The topological polar surface area (TPSA) is 43.4 Å². The highest BCUT2D eigenvalue weighted by molar-refractivity contribution is 5.97. The Hall–Kier alpha value is -1.12. The molecular formula is C12H14O3. The number of rotatable bonds is 0. The van der Waals surface area contributed by atoms with E-state index in [2.05, 4.69) is 12.2 Å². The van der Waals surface area contributed by atoms with Crippen LogP contribution in [0.3, 0.4) is 0 Å². The van der Waals surface area contributed by atoms with Gasteiger partial charge in [-0.25, -0.2) is 0 Å². The minimum atomic E-state index is -0.286. The Kier molecular flexibility index (Phi) is 1.94. The third-order valence-corrected chi connectivity index (χ3v) is 3.99. The third kappa shape index (κ3) is 1.25. The summed E-state index contributed by atoms with van der Waals surface area (Å²) in [5.41, 5.74) is 0. The van der Waals surface area contributed by atoms with Gasteiger partial charge in [0.25, 0.3) is 0 Å². The van der Waals surface area contributed by atoms with Gasteiger partial charge >= 0.3 is 11.9 Å². The summed E-state index contributed by atoms with van der Waals surface area (Å²) in [7, 11) is 0. The summed E-state index contributed by atoms with van der Waals surface area (Å²) < 4.78 is 4.78. The Morgan fingerprint density at radius 2 is 1.40 bits per heavy atom. The third-order valence-electron chi connectivity index (χ3n) is 3.99. The van der Waals surface area contributed by atoms with E-state index < -0.39 is 0 Å². The van der Waals surface area contributed by atoms with Crippen molar-refractivity contribution in [2.75, 3.05) is 0 Å². The average molecular weight is 206 g/mol. The lowest BCUT2D eigenvalue weighted by molar-refractivity contribution is -0.154. The van der Waals surface area contributed by atoms with Gasteiger partial charge in [-0.1, -0.05) is 25.0 Å². The smallest absolute Gasteiger partial charge is 0.318 e. The summed E-state index contributed by atoms with van der Waals surface area (Å²) in [4.78, 5) is 23.2. The van der Waals surface area contributed by atoms with E-state index in [1.165, 1.54) is 0 Å². The average Bonchev–Trinajstić information content (AvgIpc) is 2.43. The van der Waals surface area contributed by atoms with E-state index >= 15 is 0 Å². The molecule has 0 radical (unpaired) electrons. The number of carbonyl (C=O) groups is 2. The van der Waals surface area contributed by atoms with Crippen LogP contribution in [0.5, 0.6) is 0 Å². The number of allylic oxidation sites excluding steroid dienone is 2. The summed E-state index contributed by atoms with van der Waals surface area (Å²) >= 11 is 0. The standard InChI is InChI=1S/C12H14O3/c13-11-9-7-3-1-2-4-8(6-5-7)10(9)12(14)15-11/h5-10H,1-4H2. The van der Waals surface area contributed by atoms with E-state index in [0.717, 1.165) is 25.7 Å². The van der Waals surface area contributed by atoms with Crippen LogP contribution in [0.1, 0.15) is 25.7 Å². The number of carbonyl (C=O) groups excluding carboxylic acids is 2. The minimum Gasteiger partial charge on any atom is -0.393 e. The molecular weight excluding hydrogens is 192 g/mol. The molecule has 1 aliphatic heterocycles. The highest BCUT2D eigenvalue weighted by atomic mass is 16.6. The maximum absolute atomic E-state index is 11.6. The molecule has 0 aromatic carbocycles. The predicted octanol–water partition coefficient (Wildman–Crippen LogP) is 1.68. The normalized spacial score (nSPS) is 43.5. The van der Waals surface area contributed by atoms with Crippen molar-refractivity contribution < 1.29 is 14.3 Å². The van der Waals surface area contributed by atoms with Crippen molar-refractivity contribution in [3.05, 3.63) is 12.2 Å². The molecule has 0 amide bonds. The zero-order valence-electron chi connectivity index (χ0n) is 8.52. The van der Waals surface area contributed by atoms with Crippen LogP contribution in [-0.2, 0) is 14.3 Å². The first-order valence-electron chi connectivity index (χ1n) is 5.71.